The fraction of sp³-hybridized carbons (Fsp3) is 0.318. The summed E-state index contributed by atoms with van der Waals surface area (Å²) in [5, 5.41) is 3.41. The Morgan fingerprint density at radius 1 is 1.16 bits per heavy atom. The largest absolute Gasteiger partial charge is 0.319 e. The van der Waals surface area contributed by atoms with E-state index in [2.05, 4.69) is 15.2 Å². The summed E-state index contributed by atoms with van der Waals surface area (Å²) in [4.78, 5) is 32.3. The van der Waals surface area contributed by atoms with Gasteiger partial charge in [-0.25, -0.2) is 13.4 Å². The molecular weight excluding hydrogens is 448 g/mol. The Hall–Kier alpha value is -2.82. The molecule has 0 bridgehead atoms. The van der Waals surface area contributed by atoms with E-state index in [0.29, 0.717) is 18.2 Å². The standard InChI is InChI=1S/C22H24N4O4S2/c1-3-32(29,30)17-6-4-15(5-7-17)10-20(27)24-22-23-18-13-26(14-19(18)31-22)12-16-8-9-25(2)21(28)11-16/h4-9,11H,3,10,12-14H2,1-2H3,(H,23,24,27). The first kappa shape index (κ1) is 22.4. The van der Waals surface area contributed by atoms with Gasteiger partial charge >= 0.3 is 0 Å². The predicted molar refractivity (Wildman–Crippen MR) is 123 cm³/mol. The van der Waals surface area contributed by atoms with Crippen molar-refractivity contribution in [1.29, 1.82) is 0 Å². The van der Waals surface area contributed by atoms with Gasteiger partial charge < -0.3 is 9.88 Å². The zero-order valence-corrected chi connectivity index (χ0v) is 19.5. The number of hydrogen-bond donors (Lipinski definition) is 1. The minimum Gasteiger partial charge on any atom is -0.319 e. The number of hydrogen-bond acceptors (Lipinski definition) is 7. The van der Waals surface area contributed by atoms with Crippen molar-refractivity contribution in [3.63, 3.8) is 0 Å². The zero-order chi connectivity index (χ0) is 22.9. The number of aryl methyl sites for hydroxylation is 1. The van der Waals surface area contributed by atoms with Crippen molar-refractivity contribution < 1.29 is 13.2 Å². The molecule has 1 N–H and O–H groups in total. The van der Waals surface area contributed by atoms with Gasteiger partial charge in [0, 0.05) is 43.8 Å². The van der Waals surface area contributed by atoms with E-state index < -0.39 is 9.84 Å². The molecule has 32 heavy (non-hydrogen) atoms. The van der Waals surface area contributed by atoms with Crippen LogP contribution in [0.4, 0.5) is 5.13 Å². The lowest BCUT2D eigenvalue weighted by molar-refractivity contribution is -0.115. The van der Waals surface area contributed by atoms with Gasteiger partial charge in [-0.1, -0.05) is 19.1 Å². The van der Waals surface area contributed by atoms with Crippen molar-refractivity contribution in [1.82, 2.24) is 14.5 Å². The van der Waals surface area contributed by atoms with Gasteiger partial charge in [-0.05, 0) is 29.3 Å². The van der Waals surface area contributed by atoms with E-state index in [1.807, 2.05) is 6.07 Å². The third-order valence-electron chi connectivity index (χ3n) is 5.37. The number of thiazole rings is 1. The number of sulfone groups is 1. The molecule has 0 aliphatic carbocycles. The Labute approximate surface area is 190 Å². The Morgan fingerprint density at radius 2 is 1.91 bits per heavy atom. The minimum absolute atomic E-state index is 0.0266. The minimum atomic E-state index is -3.25. The van der Waals surface area contributed by atoms with Crippen molar-refractivity contribution in [2.24, 2.45) is 7.05 Å². The van der Waals surface area contributed by atoms with Crippen molar-refractivity contribution in [3.05, 3.63) is 74.6 Å². The van der Waals surface area contributed by atoms with Gasteiger partial charge in [0.05, 0.1) is 22.8 Å². The van der Waals surface area contributed by atoms with E-state index in [1.165, 1.54) is 23.5 Å². The lowest BCUT2D eigenvalue weighted by Gasteiger charge is -2.14. The molecule has 0 spiro atoms. The Balaban J connectivity index is 1.33. The Bertz CT molecular complexity index is 1290. The molecule has 10 heteroatoms. The maximum atomic E-state index is 12.4. The third-order valence-corrected chi connectivity index (χ3v) is 8.12. The third kappa shape index (κ3) is 4.98. The summed E-state index contributed by atoms with van der Waals surface area (Å²) < 4.78 is 25.3. The van der Waals surface area contributed by atoms with Crippen LogP contribution in [0.3, 0.4) is 0 Å². The Morgan fingerprint density at radius 3 is 2.56 bits per heavy atom. The number of carbonyl (C=O) groups excluding carboxylic acids is 1. The van der Waals surface area contributed by atoms with Gasteiger partial charge in [0.2, 0.25) is 5.91 Å². The number of nitrogens with one attached hydrogen (secondary N) is 1. The lowest BCUT2D eigenvalue weighted by atomic mass is 10.1. The van der Waals surface area contributed by atoms with E-state index >= 15 is 0 Å². The van der Waals surface area contributed by atoms with Crippen LogP contribution in [0.5, 0.6) is 0 Å². The monoisotopic (exact) mass is 472 g/mol. The molecule has 2 aromatic heterocycles. The summed E-state index contributed by atoms with van der Waals surface area (Å²) in [6, 6.07) is 10.00. The zero-order valence-electron chi connectivity index (χ0n) is 17.9. The molecule has 0 saturated heterocycles. The van der Waals surface area contributed by atoms with Gasteiger partial charge in [-0.15, -0.1) is 11.3 Å². The Kier molecular flexibility index (Phi) is 6.27. The fourth-order valence-electron chi connectivity index (χ4n) is 3.54. The van der Waals surface area contributed by atoms with E-state index in [0.717, 1.165) is 28.2 Å². The molecule has 4 rings (SSSR count). The summed E-state index contributed by atoms with van der Waals surface area (Å²) in [6.07, 6.45) is 1.91. The molecule has 3 heterocycles. The topological polar surface area (TPSA) is 101 Å². The molecule has 0 fully saturated rings. The van der Waals surface area contributed by atoms with E-state index in [1.54, 1.807) is 42.9 Å². The maximum Gasteiger partial charge on any atom is 0.250 e. The van der Waals surface area contributed by atoms with Crippen LogP contribution in [-0.2, 0) is 47.7 Å². The van der Waals surface area contributed by atoms with Crippen molar-refractivity contribution in [3.8, 4) is 0 Å². The number of pyridine rings is 1. The first-order chi connectivity index (χ1) is 15.2. The summed E-state index contributed by atoms with van der Waals surface area (Å²) in [6.45, 7) is 3.67. The highest BCUT2D eigenvalue weighted by Crippen LogP contribution is 2.31. The quantitative estimate of drug-likeness (QED) is 0.566. The number of nitrogens with zero attached hydrogens (tertiary/aromatic N) is 3. The fourth-order valence-corrected chi connectivity index (χ4v) is 5.46. The lowest BCUT2D eigenvalue weighted by Crippen LogP contribution is -2.20. The van der Waals surface area contributed by atoms with E-state index in [4.69, 9.17) is 0 Å². The number of anilines is 1. The van der Waals surface area contributed by atoms with Crippen LogP contribution in [0.1, 0.15) is 28.6 Å². The molecular formula is C22H24N4O4S2. The molecule has 1 aliphatic heterocycles. The van der Waals surface area contributed by atoms with E-state index in [9.17, 15) is 18.0 Å². The second-order valence-electron chi connectivity index (χ2n) is 7.79. The molecule has 3 aromatic rings. The predicted octanol–water partition coefficient (Wildman–Crippen LogP) is 2.33. The summed E-state index contributed by atoms with van der Waals surface area (Å²) in [5.74, 6) is -0.150. The van der Waals surface area contributed by atoms with Gasteiger partial charge in [0.1, 0.15) is 0 Å². The summed E-state index contributed by atoms with van der Waals surface area (Å²) in [7, 11) is -1.52. The van der Waals surface area contributed by atoms with Gasteiger partial charge in [-0.2, -0.15) is 0 Å². The molecule has 0 unspecified atom stereocenters. The number of amides is 1. The number of aromatic nitrogens is 2. The van der Waals surface area contributed by atoms with Crippen LogP contribution in [0.25, 0.3) is 0 Å². The van der Waals surface area contributed by atoms with Crippen LogP contribution in [-0.4, -0.2) is 34.5 Å². The van der Waals surface area contributed by atoms with E-state index in [-0.39, 0.29) is 28.5 Å². The van der Waals surface area contributed by atoms with Gasteiger partial charge in [0.15, 0.2) is 15.0 Å². The molecule has 0 radical (unpaired) electrons. The smallest absolute Gasteiger partial charge is 0.250 e. The summed E-state index contributed by atoms with van der Waals surface area (Å²) >= 11 is 1.46. The first-order valence-corrected chi connectivity index (χ1v) is 12.7. The molecule has 1 aliphatic rings. The molecule has 168 valence electrons. The van der Waals surface area contributed by atoms with Crippen LogP contribution < -0.4 is 10.9 Å². The average molecular weight is 473 g/mol. The highest BCUT2D eigenvalue weighted by atomic mass is 32.2. The van der Waals surface area contributed by atoms with Crippen molar-refractivity contribution >= 4 is 32.2 Å². The first-order valence-electron chi connectivity index (χ1n) is 10.2. The average Bonchev–Trinajstić information content (AvgIpc) is 3.28. The highest BCUT2D eigenvalue weighted by molar-refractivity contribution is 7.91. The van der Waals surface area contributed by atoms with Crippen molar-refractivity contribution in [2.45, 2.75) is 37.9 Å². The number of benzene rings is 1. The maximum absolute atomic E-state index is 12.4. The molecule has 8 nitrogen and oxygen atoms in total. The highest BCUT2D eigenvalue weighted by Gasteiger charge is 2.24. The number of rotatable bonds is 7. The molecule has 0 saturated carbocycles. The second-order valence-corrected chi connectivity index (χ2v) is 11.2. The van der Waals surface area contributed by atoms with Gasteiger partial charge in [0.25, 0.3) is 5.56 Å². The van der Waals surface area contributed by atoms with Crippen LogP contribution in [0.15, 0.2) is 52.3 Å². The van der Waals surface area contributed by atoms with Crippen molar-refractivity contribution in [2.75, 3.05) is 11.1 Å². The summed E-state index contributed by atoms with van der Waals surface area (Å²) in [5.41, 5.74) is 2.63. The molecule has 1 aromatic carbocycles. The second kappa shape index (κ2) is 8.97. The number of carbonyl (C=O) groups is 1. The van der Waals surface area contributed by atoms with Gasteiger partial charge in [-0.3, -0.25) is 14.5 Å². The molecule has 0 atom stereocenters. The van der Waals surface area contributed by atoms with Crippen LogP contribution >= 0.6 is 11.3 Å². The van der Waals surface area contributed by atoms with Crippen LogP contribution in [0, 0.1) is 0 Å². The number of fused-ring (bicyclic) bond motifs is 1. The molecule has 1 amide bonds. The normalized spacial score (nSPS) is 13.8. The van der Waals surface area contributed by atoms with Crippen LogP contribution in [0.2, 0.25) is 0 Å². The SMILES string of the molecule is CCS(=O)(=O)c1ccc(CC(=O)Nc2nc3c(s2)CN(Cc2ccn(C)c(=O)c2)C3)cc1.